The summed E-state index contributed by atoms with van der Waals surface area (Å²) in [6.07, 6.45) is 4.24. The van der Waals surface area contributed by atoms with Gasteiger partial charge in [0.2, 0.25) is 11.8 Å². The van der Waals surface area contributed by atoms with Crippen molar-refractivity contribution in [3.8, 4) is 22.4 Å². The summed E-state index contributed by atoms with van der Waals surface area (Å²) in [6.45, 7) is 16.4. The molecule has 0 spiro atoms. The van der Waals surface area contributed by atoms with Crippen molar-refractivity contribution in [2.45, 2.75) is 65.3 Å². The van der Waals surface area contributed by atoms with E-state index in [-0.39, 0.29) is 35.0 Å². The summed E-state index contributed by atoms with van der Waals surface area (Å²) >= 11 is 0. The van der Waals surface area contributed by atoms with Crippen molar-refractivity contribution in [1.29, 1.82) is 0 Å². The van der Waals surface area contributed by atoms with E-state index in [0.717, 1.165) is 109 Å². The Morgan fingerprint density at radius 3 is 2.31 bits per heavy atom. The van der Waals surface area contributed by atoms with E-state index in [2.05, 4.69) is 68.9 Å². The number of carbonyl (C=O) groups is 3. The fourth-order valence-corrected chi connectivity index (χ4v) is 9.06. The molecule has 4 amide bonds. The molecule has 0 saturated carbocycles. The summed E-state index contributed by atoms with van der Waals surface area (Å²) in [5.41, 5.74) is 7.92. The number of piperazine rings is 1. The molecule has 3 aromatic heterocycles. The fourth-order valence-electron chi connectivity index (χ4n) is 9.06. The molecule has 3 aromatic carbocycles. The van der Waals surface area contributed by atoms with E-state index < -0.39 is 5.91 Å². The third-order valence-corrected chi connectivity index (χ3v) is 12.8. The van der Waals surface area contributed by atoms with Crippen LogP contribution in [0.3, 0.4) is 0 Å². The standard InChI is InChI=1S/C48H54FN11O4/c1-29-24-33(6-12-37(29)30(2)51-45(62)44-53-46(64-56-44)48(3,4)5)42-38-25-34(27-50-43(38)55-54-42)32-7-13-40(39(49)26-32)59-22-20-57(21-23-59)28-31-14-17-58(18-15-31)35-8-10-36(11-9-35)60-19-16-41(61)52-47(60)63/h6-13,24-27,30-31H,14-23,28H2,1-5H3,(H,51,62)(H,50,54,55)(H,52,61,63)/t30-/m1/s1. The zero-order valence-corrected chi connectivity index (χ0v) is 36.9. The van der Waals surface area contributed by atoms with Gasteiger partial charge in [0.25, 0.3) is 11.7 Å². The van der Waals surface area contributed by atoms with Crippen LogP contribution >= 0.6 is 0 Å². The zero-order chi connectivity index (χ0) is 44.7. The van der Waals surface area contributed by atoms with Gasteiger partial charge in [0.15, 0.2) is 5.65 Å². The monoisotopic (exact) mass is 867 g/mol. The number of nitrogens with one attached hydrogen (secondary N) is 3. The second kappa shape index (κ2) is 17.5. The van der Waals surface area contributed by atoms with Gasteiger partial charge < -0.3 is 19.6 Å². The van der Waals surface area contributed by atoms with Gasteiger partial charge >= 0.3 is 6.03 Å². The van der Waals surface area contributed by atoms with E-state index in [1.54, 1.807) is 17.2 Å². The third kappa shape index (κ3) is 8.91. The average molecular weight is 868 g/mol. The largest absolute Gasteiger partial charge is 0.372 e. The van der Waals surface area contributed by atoms with Gasteiger partial charge in [-0.25, -0.2) is 14.2 Å². The van der Waals surface area contributed by atoms with Crippen LogP contribution in [0.5, 0.6) is 0 Å². The molecule has 16 heteroatoms. The number of halogens is 1. The number of hydrogen-bond donors (Lipinski definition) is 3. The van der Waals surface area contributed by atoms with E-state index >= 15 is 4.39 Å². The Hall–Kier alpha value is -6.68. The van der Waals surface area contributed by atoms with Crippen LogP contribution in [0, 0.1) is 18.7 Å². The Morgan fingerprint density at radius 2 is 1.62 bits per heavy atom. The van der Waals surface area contributed by atoms with Crippen LogP contribution in [0.2, 0.25) is 0 Å². The Kier molecular flexibility index (Phi) is 11.6. The second-order valence-corrected chi connectivity index (χ2v) is 18.3. The highest BCUT2D eigenvalue weighted by atomic mass is 19.1. The molecule has 3 aliphatic rings. The minimum Gasteiger partial charge on any atom is -0.372 e. The van der Waals surface area contributed by atoms with E-state index in [1.165, 1.54) is 0 Å². The van der Waals surface area contributed by atoms with Gasteiger partial charge in [0, 0.05) is 98.3 Å². The maximum atomic E-state index is 15.9. The number of benzene rings is 3. The first-order valence-corrected chi connectivity index (χ1v) is 22.1. The van der Waals surface area contributed by atoms with E-state index in [4.69, 9.17) is 4.52 Å². The van der Waals surface area contributed by atoms with Gasteiger partial charge in [-0.1, -0.05) is 44.1 Å². The van der Waals surface area contributed by atoms with Crippen LogP contribution in [0.15, 0.2) is 77.4 Å². The number of aromatic amines is 1. The van der Waals surface area contributed by atoms with E-state index in [0.29, 0.717) is 36.1 Å². The van der Waals surface area contributed by atoms with Gasteiger partial charge in [0.05, 0.1) is 17.4 Å². The molecule has 3 aliphatic heterocycles. The molecule has 9 rings (SSSR count). The van der Waals surface area contributed by atoms with Gasteiger partial charge in [-0.2, -0.15) is 10.1 Å². The molecule has 64 heavy (non-hydrogen) atoms. The number of fused-ring (bicyclic) bond motifs is 1. The quantitative estimate of drug-likeness (QED) is 0.126. The Bertz CT molecular complexity index is 2690. The summed E-state index contributed by atoms with van der Waals surface area (Å²) in [7, 11) is 0. The van der Waals surface area contributed by atoms with Crippen LogP contribution in [0.4, 0.5) is 26.2 Å². The van der Waals surface area contributed by atoms with Crippen LogP contribution < -0.4 is 25.3 Å². The van der Waals surface area contributed by atoms with Gasteiger partial charge in [-0.15, -0.1) is 0 Å². The fraction of sp³-hybridized carbons (Fsp3) is 0.396. The first kappa shape index (κ1) is 42.6. The normalized spacial score (nSPS) is 17.2. The summed E-state index contributed by atoms with van der Waals surface area (Å²) in [6, 6.07) is 20.8. The number of nitrogens with zero attached hydrogens (tertiary/aromatic N) is 8. The summed E-state index contributed by atoms with van der Waals surface area (Å²) in [5.74, 6) is 0.112. The summed E-state index contributed by atoms with van der Waals surface area (Å²) in [4.78, 5) is 54.3. The molecule has 332 valence electrons. The number of rotatable bonds is 10. The van der Waals surface area contributed by atoms with Crippen molar-refractivity contribution in [3.63, 3.8) is 0 Å². The Labute approximate surface area is 371 Å². The van der Waals surface area contributed by atoms with Crippen molar-refractivity contribution in [3.05, 3.63) is 102 Å². The number of hydrogen-bond acceptors (Lipinski definition) is 11. The van der Waals surface area contributed by atoms with Gasteiger partial charge in [0.1, 0.15) is 5.82 Å². The molecule has 0 unspecified atom stereocenters. The number of anilines is 3. The average Bonchev–Trinajstić information content (AvgIpc) is 3.96. The molecule has 3 N–H and O–H groups in total. The second-order valence-electron chi connectivity index (χ2n) is 18.3. The van der Waals surface area contributed by atoms with E-state index in [9.17, 15) is 14.4 Å². The van der Waals surface area contributed by atoms with Gasteiger partial charge in [-0.05, 0) is 97.8 Å². The number of pyridine rings is 1. The number of H-pyrrole nitrogens is 1. The zero-order valence-electron chi connectivity index (χ0n) is 36.9. The first-order chi connectivity index (χ1) is 30.8. The molecule has 15 nitrogen and oxygen atoms in total. The molecule has 0 bridgehead atoms. The van der Waals surface area contributed by atoms with Crippen molar-refractivity contribution in [2.24, 2.45) is 5.92 Å². The van der Waals surface area contributed by atoms with Crippen molar-refractivity contribution in [2.75, 3.05) is 67.1 Å². The van der Waals surface area contributed by atoms with Crippen molar-refractivity contribution in [1.82, 2.24) is 40.9 Å². The highest BCUT2D eigenvalue weighted by molar-refractivity contribution is 6.05. The highest BCUT2D eigenvalue weighted by Gasteiger charge is 2.28. The molecular formula is C48H54FN11O4. The van der Waals surface area contributed by atoms with Crippen molar-refractivity contribution < 1.29 is 23.3 Å². The minimum absolute atomic E-state index is 0.00130. The lowest BCUT2D eigenvalue weighted by atomic mass is 9.95. The van der Waals surface area contributed by atoms with E-state index in [1.807, 2.05) is 77.1 Å². The molecule has 3 fully saturated rings. The smallest absolute Gasteiger partial charge is 0.328 e. The highest BCUT2D eigenvalue weighted by Crippen LogP contribution is 2.34. The topological polar surface area (TPSA) is 169 Å². The lowest BCUT2D eigenvalue weighted by Crippen LogP contribution is -2.49. The lowest BCUT2D eigenvalue weighted by molar-refractivity contribution is -0.120. The number of amides is 4. The molecule has 3 saturated heterocycles. The number of aryl methyl sites for hydroxylation is 1. The van der Waals surface area contributed by atoms with Crippen LogP contribution in [0.25, 0.3) is 33.4 Å². The van der Waals surface area contributed by atoms with Crippen LogP contribution in [0.1, 0.15) is 80.6 Å². The SMILES string of the molecule is Cc1cc(-c2[nH]nc3ncc(-c4ccc(N5CCN(CC6CCN(c7ccc(N8CCC(=O)NC8=O)cc7)CC6)CC5)c(F)c4)cc23)ccc1[C@@H](C)NC(=O)c1noc(C(C)(C)C)n1. The maximum Gasteiger partial charge on any atom is 0.328 e. The number of carbonyl (C=O) groups excluding carboxylic acids is 3. The van der Waals surface area contributed by atoms with Crippen molar-refractivity contribution >= 4 is 45.9 Å². The molecule has 0 radical (unpaired) electrons. The predicted molar refractivity (Wildman–Crippen MR) is 244 cm³/mol. The number of piperidine rings is 1. The Balaban J connectivity index is 0.783. The number of imide groups is 1. The minimum atomic E-state index is -0.407. The Morgan fingerprint density at radius 1 is 0.891 bits per heavy atom. The molecule has 6 heterocycles. The number of aromatic nitrogens is 5. The lowest BCUT2D eigenvalue weighted by Gasteiger charge is -2.40. The summed E-state index contributed by atoms with van der Waals surface area (Å²) < 4.78 is 21.2. The molecule has 0 aliphatic carbocycles. The molecule has 1 atom stereocenters. The van der Waals surface area contributed by atoms with Crippen LogP contribution in [-0.2, 0) is 10.2 Å². The molecule has 6 aromatic rings. The van der Waals surface area contributed by atoms with Crippen LogP contribution in [-0.4, -0.2) is 100 Å². The maximum absolute atomic E-state index is 15.9. The predicted octanol–water partition coefficient (Wildman–Crippen LogP) is 7.40. The summed E-state index contributed by atoms with van der Waals surface area (Å²) in [5, 5.41) is 17.7. The third-order valence-electron chi connectivity index (χ3n) is 12.8. The number of urea groups is 1. The molecular weight excluding hydrogens is 814 g/mol. The van der Waals surface area contributed by atoms with Gasteiger partial charge in [-0.3, -0.25) is 29.8 Å². The first-order valence-electron chi connectivity index (χ1n) is 22.1.